The number of rotatable bonds is 4. The van der Waals surface area contributed by atoms with Gasteiger partial charge < -0.3 is 10.6 Å². The number of guanidine groups is 1. The Kier molecular flexibility index (Phi) is 4.29. The van der Waals surface area contributed by atoms with Crippen LogP contribution in [0.5, 0.6) is 0 Å². The third-order valence-corrected chi connectivity index (χ3v) is 4.19. The second-order valence-electron chi connectivity index (χ2n) is 5.87. The summed E-state index contributed by atoms with van der Waals surface area (Å²) in [6.45, 7) is 0.572. The van der Waals surface area contributed by atoms with Crippen LogP contribution in [0.1, 0.15) is 24.0 Å². The largest absolute Gasteiger partial charge is 0.370 e. The molecule has 23 heavy (non-hydrogen) atoms. The number of nitriles is 1. The molecule has 0 amide bonds. The first-order valence-electron chi connectivity index (χ1n) is 7.80. The molecule has 1 aliphatic rings. The predicted molar refractivity (Wildman–Crippen MR) is 92.7 cm³/mol. The van der Waals surface area contributed by atoms with Crippen molar-refractivity contribution < 1.29 is 0 Å². The van der Waals surface area contributed by atoms with Crippen LogP contribution >= 0.6 is 0 Å². The Morgan fingerprint density at radius 1 is 1.22 bits per heavy atom. The molecule has 0 bridgehead atoms. The van der Waals surface area contributed by atoms with E-state index in [0.717, 1.165) is 16.7 Å². The van der Waals surface area contributed by atoms with Crippen LogP contribution in [-0.2, 0) is 6.54 Å². The van der Waals surface area contributed by atoms with Crippen LogP contribution in [0.2, 0.25) is 0 Å². The third-order valence-electron chi connectivity index (χ3n) is 4.19. The second kappa shape index (κ2) is 6.53. The van der Waals surface area contributed by atoms with Gasteiger partial charge in [-0.15, -0.1) is 0 Å². The minimum absolute atomic E-state index is 0.572. The maximum atomic E-state index is 9.20. The quantitative estimate of drug-likeness (QED) is 0.697. The van der Waals surface area contributed by atoms with Crippen LogP contribution in [0.4, 0.5) is 0 Å². The highest BCUT2D eigenvalue weighted by Gasteiger charge is 2.27. The normalized spacial score (nSPS) is 14.3. The molecular formula is C19H20N4. The summed E-state index contributed by atoms with van der Waals surface area (Å²) >= 11 is 0. The molecule has 1 aliphatic carbocycles. The summed E-state index contributed by atoms with van der Waals surface area (Å²) in [5.74, 6) is 0.603. The highest BCUT2D eigenvalue weighted by molar-refractivity contribution is 5.78. The monoisotopic (exact) mass is 304 g/mol. The maximum Gasteiger partial charge on any atom is 0.191 e. The molecule has 2 aromatic rings. The van der Waals surface area contributed by atoms with E-state index in [1.54, 1.807) is 0 Å². The summed E-state index contributed by atoms with van der Waals surface area (Å²) in [7, 11) is 2.00. The number of hydrogen-bond acceptors (Lipinski definition) is 2. The highest BCUT2D eigenvalue weighted by atomic mass is 15.3. The fourth-order valence-corrected chi connectivity index (χ4v) is 2.55. The van der Waals surface area contributed by atoms with Gasteiger partial charge in [0.1, 0.15) is 0 Å². The van der Waals surface area contributed by atoms with Gasteiger partial charge in [0.15, 0.2) is 5.96 Å². The van der Waals surface area contributed by atoms with Crippen LogP contribution in [0.25, 0.3) is 11.1 Å². The van der Waals surface area contributed by atoms with E-state index >= 15 is 0 Å². The molecule has 0 aromatic heterocycles. The van der Waals surface area contributed by atoms with Crippen LogP contribution in [-0.4, -0.2) is 23.9 Å². The van der Waals surface area contributed by atoms with Crippen molar-refractivity contribution in [1.29, 1.82) is 5.26 Å². The molecule has 4 heteroatoms. The molecule has 0 spiro atoms. The van der Waals surface area contributed by atoms with Gasteiger partial charge in [0.05, 0.1) is 18.2 Å². The predicted octanol–water partition coefficient (Wildman–Crippen LogP) is 3.13. The lowest BCUT2D eigenvalue weighted by Gasteiger charge is -2.16. The van der Waals surface area contributed by atoms with Gasteiger partial charge in [-0.25, -0.2) is 4.99 Å². The SMILES string of the molecule is CN(C(N)=NCc1ccc(-c2ccccc2C#N)cc1)C1CC1. The zero-order valence-corrected chi connectivity index (χ0v) is 13.2. The number of benzene rings is 2. The summed E-state index contributed by atoms with van der Waals surface area (Å²) in [5, 5.41) is 9.20. The van der Waals surface area contributed by atoms with E-state index in [-0.39, 0.29) is 0 Å². The molecule has 0 heterocycles. The zero-order chi connectivity index (χ0) is 16.2. The van der Waals surface area contributed by atoms with E-state index in [9.17, 15) is 5.26 Å². The van der Waals surface area contributed by atoms with Crippen molar-refractivity contribution in [2.24, 2.45) is 10.7 Å². The van der Waals surface area contributed by atoms with Crippen molar-refractivity contribution in [3.05, 3.63) is 59.7 Å². The summed E-state index contributed by atoms with van der Waals surface area (Å²) < 4.78 is 0. The molecule has 1 fully saturated rings. The summed E-state index contributed by atoms with van der Waals surface area (Å²) in [4.78, 5) is 6.51. The van der Waals surface area contributed by atoms with E-state index in [1.165, 1.54) is 12.8 Å². The Labute approximate surface area is 136 Å². The molecule has 1 saturated carbocycles. The van der Waals surface area contributed by atoms with Gasteiger partial charge >= 0.3 is 0 Å². The Hall–Kier alpha value is -2.80. The van der Waals surface area contributed by atoms with Crippen molar-refractivity contribution in [1.82, 2.24) is 4.90 Å². The van der Waals surface area contributed by atoms with Gasteiger partial charge in [0.25, 0.3) is 0 Å². The van der Waals surface area contributed by atoms with E-state index < -0.39 is 0 Å². The molecule has 3 rings (SSSR count). The lowest BCUT2D eigenvalue weighted by atomic mass is 9.99. The fourth-order valence-electron chi connectivity index (χ4n) is 2.55. The minimum atomic E-state index is 0.572. The van der Waals surface area contributed by atoms with E-state index in [1.807, 2.05) is 55.6 Å². The molecule has 0 aliphatic heterocycles. The number of aliphatic imine (C=N–C) groups is 1. The zero-order valence-electron chi connectivity index (χ0n) is 13.2. The first kappa shape index (κ1) is 15.1. The molecule has 0 unspecified atom stereocenters. The van der Waals surface area contributed by atoms with Gasteiger partial charge in [-0.05, 0) is 35.6 Å². The van der Waals surface area contributed by atoms with Crippen molar-refractivity contribution in [3.8, 4) is 17.2 Å². The van der Waals surface area contributed by atoms with Crippen LogP contribution in [0.15, 0.2) is 53.5 Å². The molecule has 2 N–H and O–H groups in total. The van der Waals surface area contributed by atoms with Crippen LogP contribution in [0.3, 0.4) is 0 Å². The Balaban J connectivity index is 1.72. The highest BCUT2D eigenvalue weighted by Crippen LogP contribution is 2.25. The Bertz CT molecular complexity index is 752. The lowest BCUT2D eigenvalue weighted by molar-refractivity contribution is 0.487. The van der Waals surface area contributed by atoms with Gasteiger partial charge in [-0.1, -0.05) is 42.5 Å². The molecule has 4 nitrogen and oxygen atoms in total. The van der Waals surface area contributed by atoms with Gasteiger partial charge in [-0.2, -0.15) is 5.26 Å². The summed E-state index contributed by atoms with van der Waals surface area (Å²) in [5.41, 5.74) is 9.80. The Morgan fingerprint density at radius 3 is 2.57 bits per heavy atom. The minimum Gasteiger partial charge on any atom is -0.370 e. The molecule has 0 radical (unpaired) electrons. The summed E-state index contributed by atoms with van der Waals surface area (Å²) in [6, 6.07) is 18.6. The van der Waals surface area contributed by atoms with Crippen molar-refractivity contribution in [3.63, 3.8) is 0 Å². The molecular weight excluding hydrogens is 284 g/mol. The standard InChI is InChI=1S/C19H20N4/c1-23(17-10-11-17)19(21)22-13-14-6-8-15(9-7-14)18-5-3-2-4-16(18)12-20/h2-9,17H,10-11,13H2,1H3,(H2,21,22). The van der Waals surface area contributed by atoms with Gasteiger partial charge in [-0.3, -0.25) is 0 Å². The maximum absolute atomic E-state index is 9.20. The average molecular weight is 304 g/mol. The topological polar surface area (TPSA) is 65.4 Å². The molecule has 0 saturated heterocycles. The van der Waals surface area contributed by atoms with Gasteiger partial charge in [0.2, 0.25) is 0 Å². The number of nitrogens with two attached hydrogens (primary N) is 1. The fraction of sp³-hybridized carbons (Fsp3) is 0.263. The second-order valence-corrected chi connectivity index (χ2v) is 5.87. The van der Waals surface area contributed by atoms with E-state index in [0.29, 0.717) is 24.1 Å². The Morgan fingerprint density at radius 2 is 1.91 bits per heavy atom. The average Bonchev–Trinajstić information content (AvgIpc) is 3.44. The van der Waals surface area contributed by atoms with Crippen molar-refractivity contribution in [2.75, 3.05) is 7.05 Å². The van der Waals surface area contributed by atoms with Crippen LogP contribution < -0.4 is 5.73 Å². The van der Waals surface area contributed by atoms with Crippen molar-refractivity contribution in [2.45, 2.75) is 25.4 Å². The smallest absolute Gasteiger partial charge is 0.191 e. The number of nitrogens with zero attached hydrogens (tertiary/aromatic N) is 3. The van der Waals surface area contributed by atoms with Crippen molar-refractivity contribution >= 4 is 5.96 Å². The first-order chi connectivity index (χ1) is 11.2. The van der Waals surface area contributed by atoms with Gasteiger partial charge in [0, 0.05) is 13.1 Å². The van der Waals surface area contributed by atoms with E-state index in [2.05, 4.69) is 16.0 Å². The third kappa shape index (κ3) is 3.51. The molecule has 2 aromatic carbocycles. The first-order valence-corrected chi connectivity index (χ1v) is 7.80. The molecule has 0 atom stereocenters. The number of hydrogen-bond donors (Lipinski definition) is 1. The van der Waals surface area contributed by atoms with Crippen LogP contribution in [0, 0.1) is 11.3 Å². The summed E-state index contributed by atoms with van der Waals surface area (Å²) in [6.07, 6.45) is 2.42. The van der Waals surface area contributed by atoms with E-state index in [4.69, 9.17) is 5.73 Å². The molecule has 116 valence electrons. The lowest BCUT2D eigenvalue weighted by Crippen LogP contribution is -2.35.